The van der Waals surface area contributed by atoms with Gasteiger partial charge in [-0.05, 0) is 26.7 Å². The van der Waals surface area contributed by atoms with Crippen LogP contribution in [0.25, 0.3) is 0 Å². The molecule has 0 saturated carbocycles. The minimum absolute atomic E-state index is 0. The first-order valence-corrected chi connectivity index (χ1v) is 9.25. The number of hydrogen-bond acceptors (Lipinski definition) is 4. The van der Waals surface area contributed by atoms with Crippen molar-refractivity contribution in [1.29, 1.82) is 0 Å². The molecule has 0 spiro atoms. The van der Waals surface area contributed by atoms with E-state index in [1.165, 1.54) is 0 Å². The molecular formula is C17H36IN5O2. The number of amides is 1. The van der Waals surface area contributed by atoms with E-state index in [9.17, 15) is 4.79 Å². The van der Waals surface area contributed by atoms with Crippen LogP contribution in [0.5, 0.6) is 0 Å². The summed E-state index contributed by atoms with van der Waals surface area (Å²) in [4.78, 5) is 20.2. The Hall–Kier alpha value is -0.610. The molecule has 0 aliphatic carbocycles. The van der Waals surface area contributed by atoms with Crippen molar-refractivity contribution in [3.63, 3.8) is 0 Å². The molecule has 1 saturated heterocycles. The van der Waals surface area contributed by atoms with Crippen LogP contribution >= 0.6 is 24.0 Å². The molecule has 8 heteroatoms. The largest absolute Gasteiger partial charge is 0.382 e. The first kappa shape index (κ1) is 24.4. The maximum atomic E-state index is 11.3. The summed E-state index contributed by atoms with van der Waals surface area (Å²) < 4.78 is 5.33. The van der Waals surface area contributed by atoms with Gasteiger partial charge in [0.25, 0.3) is 0 Å². The number of nitrogens with one attached hydrogen (secondary N) is 2. The molecule has 0 aromatic heterocycles. The smallest absolute Gasteiger partial charge is 0.219 e. The van der Waals surface area contributed by atoms with Crippen molar-refractivity contribution < 1.29 is 9.53 Å². The standard InChI is InChI=1S/C17H35N5O2.HI/c1-4-18-17(19-8-6-7-15-24-5-2)20-9-10-21-11-13-22(14-12-21)16(3)23;/h4-15H2,1-3H3,(H2,18,19,20);1H. The molecule has 1 rings (SSSR count). The third-order valence-corrected chi connectivity index (χ3v) is 4.05. The van der Waals surface area contributed by atoms with Gasteiger partial charge in [0, 0.05) is 72.5 Å². The molecule has 7 nitrogen and oxygen atoms in total. The van der Waals surface area contributed by atoms with Crippen molar-refractivity contribution in [3.05, 3.63) is 0 Å². The quantitative estimate of drug-likeness (QED) is 0.218. The summed E-state index contributed by atoms with van der Waals surface area (Å²) >= 11 is 0. The van der Waals surface area contributed by atoms with E-state index in [2.05, 4.69) is 27.4 Å². The average Bonchev–Trinajstić information content (AvgIpc) is 2.58. The summed E-state index contributed by atoms with van der Waals surface area (Å²) in [5.41, 5.74) is 0. The highest BCUT2D eigenvalue weighted by Crippen LogP contribution is 2.00. The van der Waals surface area contributed by atoms with E-state index in [1.807, 2.05) is 11.8 Å². The van der Waals surface area contributed by atoms with Crippen LogP contribution < -0.4 is 10.6 Å². The molecule has 0 radical (unpaired) electrons. The Morgan fingerprint density at radius 1 is 1.12 bits per heavy atom. The second kappa shape index (κ2) is 15.6. The van der Waals surface area contributed by atoms with Crippen LogP contribution in [0.15, 0.2) is 4.99 Å². The SMILES string of the molecule is CCNC(=NCCCCOCC)NCCN1CCN(C(C)=O)CC1.I. The Kier molecular flexibility index (Phi) is 15.2. The topological polar surface area (TPSA) is 69.2 Å². The van der Waals surface area contributed by atoms with Crippen molar-refractivity contribution in [2.24, 2.45) is 4.99 Å². The normalized spacial score (nSPS) is 15.6. The highest BCUT2D eigenvalue weighted by molar-refractivity contribution is 14.0. The molecule has 148 valence electrons. The van der Waals surface area contributed by atoms with Crippen LogP contribution in [0.2, 0.25) is 0 Å². The predicted octanol–water partition coefficient (Wildman–Crippen LogP) is 1.14. The summed E-state index contributed by atoms with van der Waals surface area (Å²) in [6, 6.07) is 0. The number of carbonyl (C=O) groups is 1. The number of carbonyl (C=O) groups excluding carboxylic acids is 1. The number of guanidine groups is 1. The highest BCUT2D eigenvalue weighted by atomic mass is 127. The molecule has 0 bridgehead atoms. The van der Waals surface area contributed by atoms with Gasteiger partial charge in [-0.15, -0.1) is 24.0 Å². The Labute approximate surface area is 170 Å². The van der Waals surface area contributed by atoms with E-state index in [1.54, 1.807) is 6.92 Å². The number of hydrogen-bond donors (Lipinski definition) is 2. The van der Waals surface area contributed by atoms with Crippen molar-refractivity contribution in [2.75, 3.05) is 65.6 Å². The molecule has 1 fully saturated rings. The number of ether oxygens (including phenoxy) is 1. The van der Waals surface area contributed by atoms with E-state index in [-0.39, 0.29) is 29.9 Å². The van der Waals surface area contributed by atoms with E-state index in [0.717, 1.165) is 84.4 Å². The number of rotatable bonds is 10. The first-order chi connectivity index (χ1) is 11.7. The van der Waals surface area contributed by atoms with Gasteiger partial charge in [-0.2, -0.15) is 0 Å². The maximum Gasteiger partial charge on any atom is 0.219 e. The van der Waals surface area contributed by atoms with E-state index in [0.29, 0.717) is 0 Å². The molecule has 0 atom stereocenters. The van der Waals surface area contributed by atoms with Crippen LogP contribution in [0.3, 0.4) is 0 Å². The summed E-state index contributed by atoms with van der Waals surface area (Å²) in [6.07, 6.45) is 2.10. The van der Waals surface area contributed by atoms with Crippen LogP contribution in [0, 0.1) is 0 Å². The van der Waals surface area contributed by atoms with Gasteiger partial charge in [0.2, 0.25) is 5.91 Å². The fourth-order valence-corrected chi connectivity index (χ4v) is 2.61. The molecule has 0 aromatic carbocycles. The second-order valence-electron chi connectivity index (χ2n) is 5.94. The monoisotopic (exact) mass is 469 g/mol. The van der Waals surface area contributed by atoms with Crippen molar-refractivity contribution >= 4 is 35.8 Å². The summed E-state index contributed by atoms with van der Waals surface area (Å²) in [5, 5.41) is 6.67. The number of aliphatic imine (C=N–C) groups is 1. The third kappa shape index (κ3) is 11.6. The lowest BCUT2D eigenvalue weighted by Gasteiger charge is -2.34. The van der Waals surface area contributed by atoms with Gasteiger partial charge in [0.15, 0.2) is 5.96 Å². The zero-order valence-electron chi connectivity index (χ0n) is 16.1. The van der Waals surface area contributed by atoms with Crippen LogP contribution in [-0.2, 0) is 9.53 Å². The number of nitrogens with zero attached hydrogens (tertiary/aromatic N) is 3. The zero-order chi connectivity index (χ0) is 17.6. The van der Waals surface area contributed by atoms with Crippen molar-refractivity contribution in [1.82, 2.24) is 20.4 Å². The Bertz CT molecular complexity index is 374. The minimum Gasteiger partial charge on any atom is -0.382 e. The summed E-state index contributed by atoms with van der Waals surface area (Å²) in [7, 11) is 0. The van der Waals surface area contributed by atoms with Crippen LogP contribution in [-0.4, -0.2) is 87.2 Å². The Balaban J connectivity index is 0.00000576. The predicted molar refractivity (Wildman–Crippen MR) is 114 cm³/mol. The van der Waals surface area contributed by atoms with Crippen LogP contribution in [0.4, 0.5) is 0 Å². The number of halogens is 1. The molecule has 1 aliphatic rings. The fourth-order valence-electron chi connectivity index (χ4n) is 2.61. The van der Waals surface area contributed by atoms with Gasteiger partial charge in [-0.25, -0.2) is 0 Å². The molecule has 1 heterocycles. The molecule has 0 aromatic rings. The summed E-state index contributed by atoms with van der Waals surface area (Å²) in [6.45, 7) is 14.4. The van der Waals surface area contributed by atoms with Gasteiger partial charge in [-0.1, -0.05) is 0 Å². The lowest BCUT2D eigenvalue weighted by atomic mass is 10.3. The lowest BCUT2D eigenvalue weighted by molar-refractivity contribution is -0.130. The molecule has 1 aliphatic heterocycles. The Morgan fingerprint density at radius 2 is 1.84 bits per heavy atom. The molecule has 0 unspecified atom stereocenters. The zero-order valence-corrected chi connectivity index (χ0v) is 18.4. The first-order valence-electron chi connectivity index (χ1n) is 9.25. The van der Waals surface area contributed by atoms with Gasteiger partial charge in [0.1, 0.15) is 0 Å². The second-order valence-corrected chi connectivity index (χ2v) is 5.94. The van der Waals surface area contributed by atoms with Gasteiger partial charge in [-0.3, -0.25) is 14.7 Å². The van der Waals surface area contributed by atoms with Gasteiger partial charge in [0.05, 0.1) is 0 Å². The number of piperazine rings is 1. The fraction of sp³-hybridized carbons (Fsp3) is 0.882. The molecule has 1 amide bonds. The van der Waals surface area contributed by atoms with Gasteiger partial charge >= 0.3 is 0 Å². The van der Waals surface area contributed by atoms with Crippen molar-refractivity contribution in [2.45, 2.75) is 33.6 Å². The molecule has 25 heavy (non-hydrogen) atoms. The molecular weight excluding hydrogens is 433 g/mol. The van der Waals surface area contributed by atoms with Crippen LogP contribution in [0.1, 0.15) is 33.6 Å². The average molecular weight is 469 g/mol. The van der Waals surface area contributed by atoms with Crippen molar-refractivity contribution in [3.8, 4) is 0 Å². The minimum atomic E-state index is 0. The van der Waals surface area contributed by atoms with Gasteiger partial charge < -0.3 is 20.3 Å². The van der Waals surface area contributed by atoms with E-state index >= 15 is 0 Å². The lowest BCUT2D eigenvalue weighted by Crippen LogP contribution is -2.50. The highest BCUT2D eigenvalue weighted by Gasteiger charge is 2.17. The molecule has 2 N–H and O–H groups in total. The van der Waals surface area contributed by atoms with E-state index in [4.69, 9.17) is 4.74 Å². The maximum absolute atomic E-state index is 11.3. The number of unbranched alkanes of at least 4 members (excludes halogenated alkanes) is 1. The Morgan fingerprint density at radius 3 is 2.44 bits per heavy atom. The summed E-state index contributed by atoms with van der Waals surface area (Å²) in [5.74, 6) is 1.06. The third-order valence-electron chi connectivity index (χ3n) is 4.05. The van der Waals surface area contributed by atoms with E-state index < -0.39 is 0 Å².